The number of thioether (sulfide) groups is 1. The second kappa shape index (κ2) is 3.80. The Bertz CT molecular complexity index is 372. The van der Waals surface area contributed by atoms with Crippen molar-refractivity contribution in [3.05, 3.63) is 29.6 Å². The zero-order valence-electron chi connectivity index (χ0n) is 9.09. The van der Waals surface area contributed by atoms with Crippen LogP contribution in [0.3, 0.4) is 0 Å². The molecule has 0 aromatic heterocycles. The van der Waals surface area contributed by atoms with Gasteiger partial charge in [-0.1, -0.05) is 0 Å². The molecule has 0 radical (unpaired) electrons. The van der Waals surface area contributed by atoms with E-state index in [1.807, 2.05) is 19.2 Å². The first kappa shape index (κ1) is 11.0. The third kappa shape index (κ3) is 1.79. The maximum atomic E-state index is 13.3. The van der Waals surface area contributed by atoms with Gasteiger partial charge in [0.1, 0.15) is 5.82 Å². The number of rotatable bonds is 3. The molecule has 0 aliphatic heterocycles. The summed E-state index contributed by atoms with van der Waals surface area (Å²) in [7, 11) is 0. The summed E-state index contributed by atoms with van der Waals surface area (Å²) in [5.74, 6) is -0.158. The molecule has 2 rings (SSSR count). The second-order valence-electron chi connectivity index (χ2n) is 4.29. The normalized spacial score (nSPS) is 20.0. The molecule has 1 nitrogen and oxygen atoms in total. The van der Waals surface area contributed by atoms with Gasteiger partial charge in [-0.25, -0.2) is 4.39 Å². The average Bonchev–Trinajstić information content (AvgIpc) is 2.98. The third-order valence-electron chi connectivity index (χ3n) is 3.36. The van der Waals surface area contributed by atoms with Gasteiger partial charge in [0.2, 0.25) is 0 Å². The van der Waals surface area contributed by atoms with Crippen LogP contribution in [0.2, 0.25) is 0 Å². The summed E-state index contributed by atoms with van der Waals surface area (Å²) in [5.41, 5.74) is 7.15. The predicted molar refractivity (Wildman–Crippen MR) is 62.7 cm³/mol. The molecule has 1 aromatic rings. The van der Waals surface area contributed by atoms with E-state index in [0.717, 1.165) is 23.3 Å². The van der Waals surface area contributed by atoms with E-state index in [-0.39, 0.29) is 17.3 Å². The van der Waals surface area contributed by atoms with Crippen molar-refractivity contribution < 1.29 is 4.39 Å². The van der Waals surface area contributed by atoms with Gasteiger partial charge >= 0.3 is 0 Å². The van der Waals surface area contributed by atoms with Gasteiger partial charge in [-0.15, -0.1) is 11.8 Å². The maximum Gasteiger partial charge on any atom is 0.123 e. The summed E-state index contributed by atoms with van der Waals surface area (Å²) in [5, 5.41) is 0. The van der Waals surface area contributed by atoms with Gasteiger partial charge in [0.25, 0.3) is 0 Å². The Morgan fingerprint density at radius 2 is 2.13 bits per heavy atom. The van der Waals surface area contributed by atoms with Crippen LogP contribution in [-0.4, -0.2) is 12.3 Å². The number of halogens is 1. The van der Waals surface area contributed by atoms with Crippen molar-refractivity contribution in [1.29, 1.82) is 0 Å². The van der Waals surface area contributed by atoms with E-state index in [1.165, 1.54) is 6.07 Å². The largest absolute Gasteiger partial charge is 0.327 e. The molecule has 0 spiro atoms. The molecule has 3 heteroatoms. The number of nitrogens with two attached hydrogens (primary N) is 1. The summed E-state index contributed by atoms with van der Waals surface area (Å²) in [6.45, 7) is 2.02. The topological polar surface area (TPSA) is 26.0 Å². The van der Waals surface area contributed by atoms with Crippen molar-refractivity contribution >= 4 is 11.8 Å². The van der Waals surface area contributed by atoms with E-state index in [2.05, 4.69) is 0 Å². The lowest BCUT2D eigenvalue weighted by molar-refractivity contribution is 0.539. The maximum absolute atomic E-state index is 13.3. The quantitative estimate of drug-likeness (QED) is 0.800. The minimum Gasteiger partial charge on any atom is -0.327 e. The Morgan fingerprint density at radius 3 is 2.60 bits per heavy atom. The summed E-state index contributed by atoms with van der Waals surface area (Å²) in [6, 6.07) is 5.14. The van der Waals surface area contributed by atoms with Crippen molar-refractivity contribution in [2.75, 3.05) is 6.26 Å². The van der Waals surface area contributed by atoms with Gasteiger partial charge in [0.15, 0.2) is 0 Å². The van der Waals surface area contributed by atoms with Gasteiger partial charge in [0, 0.05) is 16.4 Å². The highest BCUT2D eigenvalue weighted by atomic mass is 32.2. The van der Waals surface area contributed by atoms with Gasteiger partial charge in [0.05, 0.1) is 0 Å². The first-order valence-electron chi connectivity index (χ1n) is 5.20. The lowest BCUT2D eigenvalue weighted by Gasteiger charge is -2.22. The van der Waals surface area contributed by atoms with Crippen LogP contribution in [0.1, 0.15) is 25.3 Å². The minimum absolute atomic E-state index is 0.0421. The fourth-order valence-electron chi connectivity index (χ4n) is 2.17. The van der Waals surface area contributed by atoms with Crippen LogP contribution in [0.4, 0.5) is 4.39 Å². The van der Waals surface area contributed by atoms with Crippen LogP contribution < -0.4 is 5.73 Å². The molecule has 82 valence electrons. The van der Waals surface area contributed by atoms with Gasteiger partial charge < -0.3 is 5.73 Å². The molecule has 1 unspecified atom stereocenters. The van der Waals surface area contributed by atoms with Crippen LogP contribution in [0.5, 0.6) is 0 Å². The van der Waals surface area contributed by atoms with Crippen molar-refractivity contribution in [3.8, 4) is 0 Å². The second-order valence-corrected chi connectivity index (χ2v) is 5.14. The Hall–Kier alpha value is -0.540. The van der Waals surface area contributed by atoms with Crippen LogP contribution in [0, 0.1) is 5.82 Å². The van der Waals surface area contributed by atoms with E-state index in [4.69, 9.17) is 5.73 Å². The predicted octanol–water partition coefficient (Wildman–Crippen LogP) is 2.93. The fraction of sp³-hybridized carbons (Fsp3) is 0.500. The van der Waals surface area contributed by atoms with E-state index in [0.29, 0.717) is 0 Å². The molecule has 1 aliphatic carbocycles. The molecular formula is C12H16FNS. The first-order valence-corrected chi connectivity index (χ1v) is 6.42. The Kier molecular flexibility index (Phi) is 2.77. The number of hydrogen-bond donors (Lipinski definition) is 1. The first-order chi connectivity index (χ1) is 7.10. The highest BCUT2D eigenvalue weighted by Crippen LogP contribution is 2.52. The monoisotopic (exact) mass is 225 g/mol. The van der Waals surface area contributed by atoms with Crippen molar-refractivity contribution in [1.82, 2.24) is 0 Å². The Labute approximate surface area is 94.2 Å². The molecule has 2 N–H and O–H groups in total. The van der Waals surface area contributed by atoms with Gasteiger partial charge in [-0.05, 0) is 49.8 Å². The Morgan fingerprint density at radius 1 is 1.47 bits per heavy atom. The summed E-state index contributed by atoms with van der Waals surface area (Å²) in [4.78, 5) is 1.16. The van der Waals surface area contributed by atoms with E-state index < -0.39 is 0 Å². The highest BCUT2D eigenvalue weighted by molar-refractivity contribution is 7.98. The fourth-order valence-corrected chi connectivity index (χ4v) is 2.86. The summed E-state index contributed by atoms with van der Waals surface area (Å²) < 4.78 is 13.3. The lowest BCUT2D eigenvalue weighted by atomic mass is 9.89. The Balaban J connectivity index is 2.46. The van der Waals surface area contributed by atoms with E-state index in [9.17, 15) is 4.39 Å². The van der Waals surface area contributed by atoms with Crippen LogP contribution in [0.25, 0.3) is 0 Å². The summed E-state index contributed by atoms with van der Waals surface area (Å²) >= 11 is 1.67. The van der Waals surface area contributed by atoms with Gasteiger partial charge in [-0.3, -0.25) is 0 Å². The van der Waals surface area contributed by atoms with Crippen molar-refractivity contribution in [2.24, 2.45) is 5.73 Å². The van der Waals surface area contributed by atoms with E-state index >= 15 is 0 Å². The molecule has 0 saturated heterocycles. The van der Waals surface area contributed by atoms with Crippen LogP contribution >= 0.6 is 11.8 Å². The smallest absolute Gasteiger partial charge is 0.123 e. The zero-order chi connectivity index (χ0) is 11.1. The third-order valence-corrected chi connectivity index (χ3v) is 4.15. The molecule has 1 atom stereocenters. The molecule has 0 amide bonds. The standard InChI is InChI=1S/C12H16FNS/c1-8(14)12(5-6-12)10-7-9(13)3-4-11(10)15-2/h3-4,7-8H,5-6,14H2,1-2H3. The number of benzene rings is 1. The molecule has 0 bridgehead atoms. The SMILES string of the molecule is CSc1ccc(F)cc1C1(C(C)N)CC1. The molecule has 0 heterocycles. The lowest BCUT2D eigenvalue weighted by Crippen LogP contribution is -2.32. The molecule has 15 heavy (non-hydrogen) atoms. The average molecular weight is 225 g/mol. The van der Waals surface area contributed by atoms with Crippen molar-refractivity contribution in [3.63, 3.8) is 0 Å². The highest BCUT2D eigenvalue weighted by Gasteiger charge is 2.48. The van der Waals surface area contributed by atoms with Crippen molar-refractivity contribution in [2.45, 2.75) is 36.1 Å². The van der Waals surface area contributed by atoms with E-state index in [1.54, 1.807) is 17.8 Å². The van der Waals surface area contributed by atoms with Gasteiger partial charge in [-0.2, -0.15) is 0 Å². The van der Waals surface area contributed by atoms with Crippen LogP contribution in [0.15, 0.2) is 23.1 Å². The molecular weight excluding hydrogens is 209 g/mol. The summed E-state index contributed by atoms with van der Waals surface area (Å²) in [6.07, 6.45) is 4.19. The molecule has 1 fully saturated rings. The molecule has 1 aromatic carbocycles. The van der Waals surface area contributed by atoms with Crippen LogP contribution in [-0.2, 0) is 5.41 Å². The molecule has 1 saturated carbocycles. The minimum atomic E-state index is -0.158. The molecule has 1 aliphatic rings. The zero-order valence-corrected chi connectivity index (χ0v) is 9.90. The number of hydrogen-bond acceptors (Lipinski definition) is 2.